The van der Waals surface area contributed by atoms with Crippen molar-refractivity contribution in [1.29, 1.82) is 0 Å². The third-order valence-electron chi connectivity index (χ3n) is 14.8. The zero-order chi connectivity index (χ0) is 29.1. The molecule has 1 aliphatic heterocycles. The van der Waals surface area contributed by atoms with Crippen LogP contribution in [0.15, 0.2) is 0 Å². The van der Waals surface area contributed by atoms with Crippen LogP contribution in [0.1, 0.15) is 126 Å². The van der Waals surface area contributed by atoms with Gasteiger partial charge in [0.2, 0.25) is 0 Å². The number of carbonyl (C=O) groups is 3. The molecule has 5 aliphatic carbocycles. The summed E-state index contributed by atoms with van der Waals surface area (Å²) in [4.78, 5) is 37.0. The number of rotatable bonds is 4. The summed E-state index contributed by atoms with van der Waals surface area (Å²) in [6, 6.07) is 0. The fourth-order valence-corrected chi connectivity index (χ4v) is 12.4. The minimum absolute atomic E-state index is 0.0459. The van der Waals surface area contributed by atoms with Crippen molar-refractivity contribution in [2.24, 2.45) is 56.2 Å². The highest BCUT2D eigenvalue weighted by molar-refractivity contribution is 5.81. The first kappa shape index (κ1) is 28.5. The van der Waals surface area contributed by atoms with Crippen LogP contribution in [0.4, 0.5) is 0 Å². The minimum atomic E-state index is -0.961. The molecule has 6 aliphatic rings. The fourth-order valence-electron chi connectivity index (χ4n) is 12.4. The second-order valence-electron chi connectivity index (χ2n) is 16.9. The molecule has 1 saturated heterocycles. The molecule has 1 heterocycles. The molecule has 40 heavy (non-hydrogen) atoms. The lowest BCUT2D eigenvalue weighted by Gasteiger charge is -2.73. The quantitative estimate of drug-likeness (QED) is 0.369. The molecule has 10 atom stereocenters. The van der Waals surface area contributed by atoms with Gasteiger partial charge in [-0.15, -0.1) is 0 Å². The Hall–Kier alpha value is -1.59. The number of carbonyl (C=O) groups excluding carboxylic acids is 2. The number of carboxylic acids is 1. The van der Waals surface area contributed by atoms with E-state index < -0.39 is 5.97 Å². The van der Waals surface area contributed by atoms with E-state index in [1.54, 1.807) is 0 Å². The van der Waals surface area contributed by atoms with E-state index in [0.29, 0.717) is 23.7 Å². The summed E-state index contributed by atoms with van der Waals surface area (Å²) in [7, 11) is 0. The van der Waals surface area contributed by atoms with Gasteiger partial charge in [0.05, 0.1) is 18.3 Å². The van der Waals surface area contributed by atoms with E-state index in [1.165, 1.54) is 19.3 Å². The van der Waals surface area contributed by atoms with Gasteiger partial charge in [-0.1, -0.05) is 48.5 Å². The van der Waals surface area contributed by atoms with E-state index in [9.17, 15) is 14.4 Å². The maximum Gasteiger partial charge on any atom is 0.312 e. The molecular weight excluding hydrogens is 504 g/mol. The van der Waals surface area contributed by atoms with Gasteiger partial charge >= 0.3 is 17.9 Å². The lowest BCUT2D eigenvalue weighted by Crippen LogP contribution is -2.68. The van der Waals surface area contributed by atoms with Crippen molar-refractivity contribution in [3.8, 4) is 0 Å². The van der Waals surface area contributed by atoms with Crippen LogP contribution in [0.25, 0.3) is 0 Å². The van der Waals surface area contributed by atoms with Gasteiger partial charge < -0.3 is 14.6 Å². The average Bonchev–Trinajstić information content (AvgIpc) is 3.12. The molecule has 0 spiro atoms. The second-order valence-corrected chi connectivity index (χ2v) is 16.9. The number of hydrogen-bond acceptors (Lipinski definition) is 5. The Bertz CT molecular complexity index is 1110. The van der Waals surface area contributed by atoms with Crippen LogP contribution in [0.2, 0.25) is 0 Å². The Morgan fingerprint density at radius 1 is 0.825 bits per heavy atom. The van der Waals surface area contributed by atoms with Crippen molar-refractivity contribution in [2.45, 2.75) is 138 Å². The first-order valence-corrected chi connectivity index (χ1v) is 16.2. The molecule has 0 amide bonds. The highest BCUT2D eigenvalue weighted by Crippen LogP contribution is 2.78. The molecule has 224 valence electrons. The highest BCUT2D eigenvalue weighted by Gasteiger charge is 2.75. The van der Waals surface area contributed by atoms with Gasteiger partial charge in [0.25, 0.3) is 0 Å². The zero-order valence-electron chi connectivity index (χ0n) is 25.9. The van der Waals surface area contributed by atoms with Gasteiger partial charge in [-0.3, -0.25) is 14.4 Å². The number of carboxylic acid groups (broad SMARTS) is 1. The summed E-state index contributed by atoms with van der Waals surface area (Å²) < 4.78 is 12.3. The van der Waals surface area contributed by atoms with E-state index in [-0.39, 0.29) is 69.5 Å². The first-order valence-electron chi connectivity index (χ1n) is 16.2. The molecular formula is C34H52O6. The largest absolute Gasteiger partial charge is 0.481 e. The van der Waals surface area contributed by atoms with Crippen LogP contribution < -0.4 is 0 Å². The lowest BCUT2D eigenvalue weighted by molar-refractivity contribution is -0.254. The van der Waals surface area contributed by atoms with Crippen molar-refractivity contribution in [2.75, 3.05) is 0 Å². The SMILES string of the molecule is CC1(C)CC[C@@]23CC[C@]4(C)[C@H](CC[C@@H]5[C@@]6(C)CC[C@H](OC(=O)CCC(=O)O)C(C)(C)[C@H]6CC[C@]54C)[C@@H]2[C@H]1OC3=O. The second kappa shape index (κ2) is 8.72. The maximum atomic E-state index is 13.4. The molecule has 0 radical (unpaired) electrons. The first-order chi connectivity index (χ1) is 18.5. The average molecular weight is 557 g/mol. The van der Waals surface area contributed by atoms with E-state index in [2.05, 4.69) is 48.5 Å². The molecule has 1 N–H and O–H groups in total. The molecule has 0 aromatic carbocycles. The molecule has 0 unspecified atom stereocenters. The van der Waals surface area contributed by atoms with E-state index in [4.69, 9.17) is 14.6 Å². The van der Waals surface area contributed by atoms with Crippen LogP contribution in [0.5, 0.6) is 0 Å². The van der Waals surface area contributed by atoms with Crippen molar-refractivity contribution in [3.05, 3.63) is 0 Å². The Balaban J connectivity index is 1.28. The standard InChI is InChI=1S/C34H52O6/c1-29(2)16-18-34-19-17-32(6)20(26(34)27(29)40-28(34)38)8-9-22-31(5)14-13-23(39-25(37)11-10-24(35)36)30(3,4)21(31)12-15-33(22,32)7/h20-23,26-27H,8-19H2,1-7H3,(H,35,36)/t20-,21-,22-,23+,26-,27-,31+,32-,33-,34-/m1/s1. The van der Waals surface area contributed by atoms with Gasteiger partial charge in [-0.05, 0) is 98.2 Å². The number of esters is 2. The summed E-state index contributed by atoms with van der Waals surface area (Å²) in [5.41, 5.74) is 0.189. The monoisotopic (exact) mass is 556 g/mol. The number of fused-ring (bicyclic) bond motifs is 5. The van der Waals surface area contributed by atoms with E-state index in [0.717, 1.165) is 44.9 Å². The molecule has 0 aromatic rings. The lowest BCUT2D eigenvalue weighted by atomic mass is 9.31. The highest BCUT2D eigenvalue weighted by atomic mass is 16.6. The van der Waals surface area contributed by atoms with Crippen LogP contribution in [-0.4, -0.2) is 35.2 Å². The molecule has 6 nitrogen and oxygen atoms in total. The van der Waals surface area contributed by atoms with E-state index >= 15 is 0 Å². The van der Waals surface area contributed by atoms with Crippen molar-refractivity contribution < 1.29 is 29.0 Å². The van der Waals surface area contributed by atoms with Crippen molar-refractivity contribution >= 4 is 17.9 Å². The Morgan fingerprint density at radius 3 is 2.23 bits per heavy atom. The summed E-state index contributed by atoms with van der Waals surface area (Å²) in [5, 5.41) is 9.00. The number of aliphatic carboxylic acids is 1. The predicted molar refractivity (Wildman–Crippen MR) is 151 cm³/mol. The van der Waals surface area contributed by atoms with Crippen LogP contribution >= 0.6 is 0 Å². The normalized spacial score (nSPS) is 49.9. The van der Waals surface area contributed by atoms with Gasteiger partial charge in [0.15, 0.2) is 0 Å². The van der Waals surface area contributed by atoms with Crippen LogP contribution in [-0.2, 0) is 23.9 Å². The Morgan fingerprint density at radius 2 is 1.52 bits per heavy atom. The molecule has 5 saturated carbocycles. The van der Waals surface area contributed by atoms with Crippen LogP contribution in [0, 0.1) is 56.2 Å². The molecule has 6 rings (SSSR count). The van der Waals surface area contributed by atoms with Crippen molar-refractivity contribution in [3.63, 3.8) is 0 Å². The summed E-state index contributed by atoms with van der Waals surface area (Å²) >= 11 is 0. The third kappa shape index (κ3) is 3.55. The maximum absolute atomic E-state index is 13.4. The Labute approximate surface area is 240 Å². The van der Waals surface area contributed by atoms with Gasteiger partial charge in [0, 0.05) is 16.7 Å². The summed E-state index contributed by atoms with van der Waals surface area (Å²) in [6.45, 7) is 16.9. The fraction of sp³-hybridized carbons (Fsp3) is 0.912. The smallest absolute Gasteiger partial charge is 0.312 e. The molecule has 6 heteroatoms. The number of ether oxygens (including phenoxy) is 2. The predicted octanol–water partition coefficient (Wildman–Crippen LogP) is 7.18. The van der Waals surface area contributed by atoms with Gasteiger partial charge in [-0.25, -0.2) is 0 Å². The van der Waals surface area contributed by atoms with Gasteiger partial charge in [-0.2, -0.15) is 0 Å². The molecule has 2 bridgehead atoms. The van der Waals surface area contributed by atoms with Gasteiger partial charge in [0.1, 0.15) is 12.2 Å². The topological polar surface area (TPSA) is 89.9 Å². The van der Waals surface area contributed by atoms with E-state index in [1.807, 2.05) is 0 Å². The summed E-state index contributed by atoms with van der Waals surface area (Å²) in [6.07, 6.45) is 10.4. The minimum Gasteiger partial charge on any atom is -0.481 e. The number of hydrogen-bond donors (Lipinski definition) is 1. The zero-order valence-corrected chi connectivity index (χ0v) is 25.9. The summed E-state index contributed by atoms with van der Waals surface area (Å²) in [5.74, 6) is 0.697. The third-order valence-corrected chi connectivity index (χ3v) is 14.8. The molecule has 0 aromatic heterocycles. The van der Waals surface area contributed by atoms with Crippen LogP contribution in [0.3, 0.4) is 0 Å². The Kier molecular flexibility index (Phi) is 6.22. The van der Waals surface area contributed by atoms with Crippen molar-refractivity contribution in [1.82, 2.24) is 0 Å². The molecule has 6 fully saturated rings.